The number of allylic oxidation sites excluding steroid dienone is 1. The number of hydrogen-bond donors (Lipinski definition) is 1. The largest absolute Gasteiger partial charge is 0.399 e. The van der Waals surface area contributed by atoms with Gasteiger partial charge < -0.3 is 5.73 Å². The molecule has 4 nitrogen and oxygen atoms in total. The van der Waals surface area contributed by atoms with E-state index in [2.05, 4.69) is 37.3 Å². The van der Waals surface area contributed by atoms with Gasteiger partial charge in [-0.1, -0.05) is 29.8 Å². The summed E-state index contributed by atoms with van der Waals surface area (Å²) >= 11 is 0. The van der Waals surface area contributed by atoms with Crippen molar-refractivity contribution in [3.05, 3.63) is 69.8 Å². The van der Waals surface area contributed by atoms with E-state index in [9.17, 15) is 4.79 Å². The van der Waals surface area contributed by atoms with Crippen LogP contribution in [0.4, 0.5) is 5.69 Å². The van der Waals surface area contributed by atoms with Gasteiger partial charge in [0, 0.05) is 12.2 Å². The number of anilines is 1. The Hall–Kier alpha value is -2.88. The minimum absolute atomic E-state index is 0.00962. The highest BCUT2D eigenvalue weighted by molar-refractivity contribution is 5.86. The standard InChI is InChI=1S/C19H17N3O/c1-12-2-4-13(5-3-12)10-14-8-9-22-18(14)21-17-7-6-15(20)11-16(17)19(22)23/h2-7,10-11H,8-9,20H2,1H3/b14-10+. The molecule has 0 saturated heterocycles. The lowest BCUT2D eigenvalue weighted by atomic mass is 10.1. The van der Waals surface area contributed by atoms with Crippen LogP contribution in [0.3, 0.4) is 0 Å². The molecule has 0 atom stereocenters. The second-order valence-electron chi connectivity index (χ2n) is 6.00. The number of aromatic nitrogens is 2. The van der Waals surface area contributed by atoms with Crippen molar-refractivity contribution in [1.82, 2.24) is 9.55 Å². The zero-order valence-corrected chi connectivity index (χ0v) is 12.9. The van der Waals surface area contributed by atoms with Gasteiger partial charge in [-0.3, -0.25) is 9.36 Å². The van der Waals surface area contributed by atoms with Crippen molar-refractivity contribution in [1.29, 1.82) is 0 Å². The second-order valence-corrected chi connectivity index (χ2v) is 6.00. The predicted octanol–water partition coefficient (Wildman–Crippen LogP) is 3.23. The summed E-state index contributed by atoms with van der Waals surface area (Å²) in [7, 11) is 0. The molecule has 0 fully saturated rings. The molecule has 4 rings (SSSR count). The maximum Gasteiger partial charge on any atom is 0.261 e. The quantitative estimate of drug-likeness (QED) is 0.702. The molecule has 114 valence electrons. The number of aryl methyl sites for hydroxylation is 1. The second kappa shape index (κ2) is 5.09. The van der Waals surface area contributed by atoms with Gasteiger partial charge in [-0.05, 0) is 48.8 Å². The fourth-order valence-electron chi connectivity index (χ4n) is 3.04. The smallest absolute Gasteiger partial charge is 0.261 e. The van der Waals surface area contributed by atoms with Crippen LogP contribution in [-0.4, -0.2) is 9.55 Å². The van der Waals surface area contributed by atoms with Gasteiger partial charge in [-0.2, -0.15) is 0 Å². The van der Waals surface area contributed by atoms with Gasteiger partial charge in [-0.15, -0.1) is 0 Å². The Bertz CT molecular complexity index is 998. The zero-order chi connectivity index (χ0) is 16.0. The first kappa shape index (κ1) is 13.8. The number of rotatable bonds is 1. The molecule has 1 aliphatic heterocycles. The van der Waals surface area contributed by atoms with Gasteiger partial charge in [0.1, 0.15) is 5.82 Å². The summed E-state index contributed by atoms with van der Waals surface area (Å²) in [5.74, 6) is 0.771. The van der Waals surface area contributed by atoms with Gasteiger partial charge >= 0.3 is 0 Å². The lowest BCUT2D eigenvalue weighted by molar-refractivity contribution is 0.725. The van der Waals surface area contributed by atoms with Crippen molar-refractivity contribution >= 4 is 28.2 Å². The third-order valence-electron chi connectivity index (χ3n) is 4.29. The summed E-state index contributed by atoms with van der Waals surface area (Å²) in [5, 5.41) is 0.588. The molecule has 0 radical (unpaired) electrons. The number of benzene rings is 2. The molecule has 0 amide bonds. The maximum absolute atomic E-state index is 12.7. The van der Waals surface area contributed by atoms with E-state index in [0.717, 1.165) is 23.4 Å². The number of nitrogens with zero attached hydrogens (tertiary/aromatic N) is 2. The number of nitrogens with two attached hydrogens (primary N) is 1. The van der Waals surface area contributed by atoms with Crippen LogP contribution in [0.15, 0.2) is 47.3 Å². The van der Waals surface area contributed by atoms with Crippen molar-refractivity contribution in [2.75, 3.05) is 5.73 Å². The Morgan fingerprint density at radius 3 is 2.74 bits per heavy atom. The molecule has 2 heterocycles. The van der Waals surface area contributed by atoms with Crippen LogP contribution >= 0.6 is 0 Å². The molecule has 0 aliphatic carbocycles. The van der Waals surface area contributed by atoms with Crippen LogP contribution in [0, 0.1) is 6.92 Å². The molecule has 3 aromatic rings. The third-order valence-corrected chi connectivity index (χ3v) is 4.29. The molecular weight excluding hydrogens is 286 g/mol. The maximum atomic E-state index is 12.7. The molecule has 2 aromatic carbocycles. The monoisotopic (exact) mass is 303 g/mol. The molecule has 23 heavy (non-hydrogen) atoms. The number of hydrogen-bond acceptors (Lipinski definition) is 3. The van der Waals surface area contributed by atoms with Crippen molar-refractivity contribution < 1.29 is 0 Å². The van der Waals surface area contributed by atoms with Crippen molar-refractivity contribution in [2.24, 2.45) is 0 Å². The molecule has 0 saturated carbocycles. The van der Waals surface area contributed by atoms with Crippen molar-refractivity contribution in [2.45, 2.75) is 19.9 Å². The minimum Gasteiger partial charge on any atom is -0.399 e. The molecule has 0 spiro atoms. The normalized spacial score (nSPS) is 15.3. The fourth-order valence-corrected chi connectivity index (χ4v) is 3.04. The van der Waals surface area contributed by atoms with Gasteiger partial charge in [0.25, 0.3) is 5.56 Å². The third kappa shape index (κ3) is 2.32. The van der Waals surface area contributed by atoms with Crippen LogP contribution < -0.4 is 11.3 Å². The van der Waals surface area contributed by atoms with Crippen LogP contribution in [0.1, 0.15) is 23.4 Å². The summed E-state index contributed by atoms with van der Waals surface area (Å²) < 4.78 is 1.75. The average Bonchev–Trinajstić information content (AvgIpc) is 2.94. The Morgan fingerprint density at radius 2 is 1.96 bits per heavy atom. The first-order valence-electron chi connectivity index (χ1n) is 7.69. The molecule has 0 bridgehead atoms. The molecule has 0 unspecified atom stereocenters. The van der Waals surface area contributed by atoms with E-state index in [1.54, 1.807) is 16.7 Å². The Balaban J connectivity index is 1.88. The van der Waals surface area contributed by atoms with Crippen LogP contribution in [0.2, 0.25) is 0 Å². The predicted molar refractivity (Wildman–Crippen MR) is 94.1 cm³/mol. The van der Waals surface area contributed by atoms with Crippen LogP contribution in [0.5, 0.6) is 0 Å². The molecule has 1 aliphatic rings. The van der Waals surface area contributed by atoms with Gasteiger partial charge in [0.15, 0.2) is 0 Å². The summed E-state index contributed by atoms with van der Waals surface area (Å²) in [6, 6.07) is 13.7. The Morgan fingerprint density at radius 1 is 1.17 bits per heavy atom. The van der Waals surface area contributed by atoms with E-state index in [-0.39, 0.29) is 5.56 Å². The van der Waals surface area contributed by atoms with Crippen LogP contribution in [-0.2, 0) is 6.54 Å². The topological polar surface area (TPSA) is 60.9 Å². The lowest BCUT2D eigenvalue weighted by Gasteiger charge is -2.06. The van der Waals surface area contributed by atoms with E-state index in [1.807, 2.05) is 6.07 Å². The first-order chi connectivity index (χ1) is 11.1. The number of fused-ring (bicyclic) bond motifs is 2. The molecule has 4 heteroatoms. The fraction of sp³-hybridized carbons (Fsp3) is 0.158. The van der Waals surface area contributed by atoms with Crippen molar-refractivity contribution in [3.63, 3.8) is 0 Å². The molecule has 2 N–H and O–H groups in total. The summed E-state index contributed by atoms with van der Waals surface area (Å²) in [6.45, 7) is 2.74. The summed E-state index contributed by atoms with van der Waals surface area (Å²) in [5.41, 5.74) is 10.5. The van der Waals surface area contributed by atoms with E-state index in [0.29, 0.717) is 23.1 Å². The van der Waals surface area contributed by atoms with Gasteiger partial charge in [-0.25, -0.2) is 4.98 Å². The number of nitrogen functional groups attached to an aromatic ring is 1. The van der Waals surface area contributed by atoms with E-state index >= 15 is 0 Å². The van der Waals surface area contributed by atoms with E-state index in [4.69, 9.17) is 10.7 Å². The Labute approximate surface area is 133 Å². The van der Waals surface area contributed by atoms with E-state index in [1.165, 1.54) is 5.56 Å². The van der Waals surface area contributed by atoms with Crippen molar-refractivity contribution in [3.8, 4) is 0 Å². The zero-order valence-electron chi connectivity index (χ0n) is 12.9. The highest BCUT2D eigenvalue weighted by Gasteiger charge is 2.20. The highest BCUT2D eigenvalue weighted by atomic mass is 16.1. The van der Waals surface area contributed by atoms with Gasteiger partial charge in [0.05, 0.1) is 10.9 Å². The summed E-state index contributed by atoms with van der Waals surface area (Å²) in [4.78, 5) is 17.3. The molecular formula is C19H17N3O. The SMILES string of the molecule is Cc1ccc(/C=C2\CCn3c2nc2ccc(N)cc2c3=O)cc1. The minimum atomic E-state index is -0.00962. The lowest BCUT2D eigenvalue weighted by Crippen LogP contribution is -2.20. The summed E-state index contributed by atoms with van der Waals surface area (Å²) in [6.07, 6.45) is 2.94. The Kier molecular flexibility index (Phi) is 3.05. The van der Waals surface area contributed by atoms with Crippen LogP contribution in [0.25, 0.3) is 22.6 Å². The van der Waals surface area contributed by atoms with Gasteiger partial charge in [0.2, 0.25) is 0 Å². The molecule has 1 aromatic heterocycles. The highest BCUT2D eigenvalue weighted by Crippen LogP contribution is 2.27. The average molecular weight is 303 g/mol. The first-order valence-corrected chi connectivity index (χ1v) is 7.69. The van der Waals surface area contributed by atoms with E-state index < -0.39 is 0 Å².